The van der Waals surface area contributed by atoms with E-state index in [0.717, 1.165) is 30.9 Å². The molecule has 76 valence electrons. The Balaban J connectivity index is 2.03. The third kappa shape index (κ3) is 2.01. The minimum absolute atomic E-state index is 0.107. The number of aliphatic hydroxyl groups excluding tert-OH is 1. The van der Waals surface area contributed by atoms with Gasteiger partial charge in [0.2, 0.25) is 0 Å². The molecule has 14 heavy (non-hydrogen) atoms. The maximum atomic E-state index is 8.90. The number of hydrogen-bond donors (Lipinski definition) is 2. The molecule has 1 aliphatic carbocycles. The second-order valence-electron chi connectivity index (χ2n) is 3.87. The number of nitrogens with zero attached hydrogens (tertiary/aromatic N) is 2. The number of aryl methyl sites for hydroxylation is 1. The molecule has 1 aromatic rings. The Morgan fingerprint density at radius 1 is 1.57 bits per heavy atom. The molecule has 2 N–H and O–H groups in total. The maximum Gasteiger partial charge on any atom is 0.130 e. The minimum atomic E-state index is 0.107. The van der Waals surface area contributed by atoms with E-state index < -0.39 is 0 Å². The van der Waals surface area contributed by atoms with E-state index in [0.29, 0.717) is 0 Å². The van der Waals surface area contributed by atoms with Crippen LogP contribution in [0.3, 0.4) is 0 Å². The second-order valence-corrected chi connectivity index (χ2v) is 3.87. The molecule has 1 saturated carbocycles. The molecular formula is C10H15N3O. The molecule has 1 aliphatic rings. The Hall–Kier alpha value is -1.16. The zero-order chi connectivity index (χ0) is 10.0. The summed E-state index contributed by atoms with van der Waals surface area (Å²) < 4.78 is 0. The average Bonchev–Trinajstić information content (AvgIpc) is 2.85. The molecule has 1 heterocycles. The van der Waals surface area contributed by atoms with Crippen molar-refractivity contribution in [2.24, 2.45) is 0 Å². The highest BCUT2D eigenvalue weighted by molar-refractivity contribution is 5.39. The number of anilines is 1. The lowest BCUT2D eigenvalue weighted by Crippen LogP contribution is -2.23. The van der Waals surface area contributed by atoms with Crippen LogP contribution >= 0.6 is 0 Å². The van der Waals surface area contributed by atoms with E-state index in [1.807, 2.05) is 13.0 Å². The Bertz CT molecular complexity index is 323. The Labute approximate surface area is 83.4 Å². The molecule has 0 unspecified atom stereocenters. The van der Waals surface area contributed by atoms with Crippen molar-refractivity contribution in [2.75, 3.05) is 11.9 Å². The standard InChI is InChI=1S/C10H15N3O/c1-8-11-6-2-9(12-8)13-10(3-4-10)5-7-14/h2,6,14H,3-5,7H2,1H3,(H,11,12,13). The summed E-state index contributed by atoms with van der Waals surface area (Å²) >= 11 is 0. The quantitative estimate of drug-likeness (QED) is 0.752. The van der Waals surface area contributed by atoms with Crippen LogP contribution in [0.5, 0.6) is 0 Å². The van der Waals surface area contributed by atoms with Crippen LogP contribution in [0.2, 0.25) is 0 Å². The van der Waals surface area contributed by atoms with E-state index in [4.69, 9.17) is 5.11 Å². The van der Waals surface area contributed by atoms with Gasteiger partial charge in [0.05, 0.1) is 0 Å². The van der Waals surface area contributed by atoms with Crippen LogP contribution in [0.25, 0.3) is 0 Å². The molecule has 4 heteroatoms. The Kier molecular flexibility index (Phi) is 2.37. The summed E-state index contributed by atoms with van der Waals surface area (Å²) in [5.74, 6) is 1.64. The SMILES string of the molecule is Cc1nccc(NC2(CCO)CC2)n1. The molecule has 0 aliphatic heterocycles. The Morgan fingerprint density at radius 3 is 2.93 bits per heavy atom. The Morgan fingerprint density at radius 2 is 2.36 bits per heavy atom. The zero-order valence-corrected chi connectivity index (χ0v) is 8.32. The normalized spacial score (nSPS) is 17.9. The van der Waals surface area contributed by atoms with Crippen LogP contribution in [-0.4, -0.2) is 27.2 Å². The van der Waals surface area contributed by atoms with Crippen molar-refractivity contribution in [3.63, 3.8) is 0 Å². The fourth-order valence-electron chi connectivity index (χ4n) is 1.60. The average molecular weight is 193 g/mol. The van der Waals surface area contributed by atoms with Crippen molar-refractivity contribution in [1.82, 2.24) is 9.97 Å². The molecule has 4 nitrogen and oxygen atoms in total. The fraction of sp³-hybridized carbons (Fsp3) is 0.600. The summed E-state index contributed by atoms with van der Waals surface area (Å²) in [6, 6.07) is 1.87. The van der Waals surface area contributed by atoms with Gasteiger partial charge in [-0.25, -0.2) is 9.97 Å². The topological polar surface area (TPSA) is 58.0 Å². The highest BCUT2D eigenvalue weighted by atomic mass is 16.3. The van der Waals surface area contributed by atoms with Gasteiger partial charge in [-0.05, 0) is 32.3 Å². The molecule has 0 radical (unpaired) electrons. The fourth-order valence-corrected chi connectivity index (χ4v) is 1.60. The molecule has 1 aromatic heterocycles. The number of aliphatic hydroxyl groups is 1. The summed E-state index contributed by atoms with van der Waals surface area (Å²) in [5, 5.41) is 12.3. The second kappa shape index (κ2) is 3.53. The van der Waals surface area contributed by atoms with Crippen molar-refractivity contribution in [1.29, 1.82) is 0 Å². The van der Waals surface area contributed by atoms with E-state index in [9.17, 15) is 0 Å². The lowest BCUT2D eigenvalue weighted by atomic mass is 10.2. The van der Waals surface area contributed by atoms with Gasteiger partial charge in [0.25, 0.3) is 0 Å². The molecule has 0 spiro atoms. The van der Waals surface area contributed by atoms with Gasteiger partial charge in [-0.3, -0.25) is 0 Å². The lowest BCUT2D eigenvalue weighted by Gasteiger charge is -2.16. The third-order valence-electron chi connectivity index (χ3n) is 2.61. The van der Waals surface area contributed by atoms with Gasteiger partial charge in [0, 0.05) is 18.3 Å². The van der Waals surface area contributed by atoms with Crippen LogP contribution < -0.4 is 5.32 Å². The van der Waals surface area contributed by atoms with Crippen LogP contribution in [0, 0.1) is 6.92 Å². The molecular weight excluding hydrogens is 178 g/mol. The number of rotatable bonds is 4. The van der Waals surface area contributed by atoms with Gasteiger partial charge in [-0.2, -0.15) is 0 Å². The van der Waals surface area contributed by atoms with Crippen molar-refractivity contribution < 1.29 is 5.11 Å². The molecule has 0 bridgehead atoms. The summed E-state index contributed by atoms with van der Waals surface area (Å²) in [4.78, 5) is 8.31. The molecule has 0 saturated heterocycles. The summed E-state index contributed by atoms with van der Waals surface area (Å²) in [5.41, 5.74) is 0.107. The summed E-state index contributed by atoms with van der Waals surface area (Å²) in [7, 11) is 0. The van der Waals surface area contributed by atoms with Crippen LogP contribution in [-0.2, 0) is 0 Å². The van der Waals surface area contributed by atoms with Crippen LogP contribution in [0.4, 0.5) is 5.82 Å². The largest absolute Gasteiger partial charge is 0.396 e. The maximum absolute atomic E-state index is 8.90. The summed E-state index contributed by atoms with van der Waals surface area (Å²) in [6.45, 7) is 2.11. The first-order chi connectivity index (χ1) is 6.74. The molecule has 0 aromatic carbocycles. The number of aromatic nitrogens is 2. The lowest BCUT2D eigenvalue weighted by molar-refractivity contribution is 0.276. The first-order valence-corrected chi connectivity index (χ1v) is 4.93. The number of hydrogen-bond acceptors (Lipinski definition) is 4. The number of nitrogens with one attached hydrogen (secondary N) is 1. The van der Waals surface area contributed by atoms with Crippen molar-refractivity contribution in [3.8, 4) is 0 Å². The van der Waals surface area contributed by atoms with Gasteiger partial charge in [-0.1, -0.05) is 0 Å². The smallest absolute Gasteiger partial charge is 0.130 e. The summed E-state index contributed by atoms with van der Waals surface area (Å²) in [6.07, 6.45) is 4.79. The van der Waals surface area contributed by atoms with Gasteiger partial charge < -0.3 is 10.4 Å². The van der Waals surface area contributed by atoms with E-state index in [2.05, 4.69) is 15.3 Å². The zero-order valence-electron chi connectivity index (χ0n) is 8.32. The van der Waals surface area contributed by atoms with Gasteiger partial charge in [0.15, 0.2) is 0 Å². The van der Waals surface area contributed by atoms with Gasteiger partial charge in [-0.15, -0.1) is 0 Å². The highest BCUT2D eigenvalue weighted by Crippen LogP contribution is 2.41. The molecule has 0 amide bonds. The monoisotopic (exact) mass is 193 g/mol. The van der Waals surface area contributed by atoms with Crippen LogP contribution in [0.15, 0.2) is 12.3 Å². The van der Waals surface area contributed by atoms with E-state index >= 15 is 0 Å². The van der Waals surface area contributed by atoms with Crippen molar-refractivity contribution >= 4 is 5.82 Å². The predicted octanol–water partition coefficient (Wildman–Crippen LogP) is 1.11. The first kappa shape index (κ1) is 9.40. The first-order valence-electron chi connectivity index (χ1n) is 4.93. The van der Waals surface area contributed by atoms with E-state index in [1.54, 1.807) is 6.20 Å². The molecule has 1 fully saturated rings. The van der Waals surface area contributed by atoms with Crippen molar-refractivity contribution in [3.05, 3.63) is 18.1 Å². The molecule has 0 atom stereocenters. The van der Waals surface area contributed by atoms with Crippen molar-refractivity contribution in [2.45, 2.75) is 31.7 Å². The minimum Gasteiger partial charge on any atom is -0.396 e. The van der Waals surface area contributed by atoms with E-state index in [-0.39, 0.29) is 12.1 Å². The molecule has 2 rings (SSSR count). The predicted molar refractivity (Wildman–Crippen MR) is 54.1 cm³/mol. The third-order valence-corrected chi connectivity index (χ3v) is 2.61. The van der Waals surface area contributed by atoms with Gasteiger partial charge in [0.1, 0.15) is 11.6 Å². The van der Waals surface area contributed by atoms with E-state index in [1.165, 1.54) is 0 Å². The van der Waals surface area contributed by atoms with Crippen LogP contribution in [0.1, 0.15) is 25.1 Å². The van der Waals surface area contributed by atoms with Gasteiger partial charge >= 0.3 is 0 Å². The highest BCUT2D eigenvalue weighted by Gasteiger charge is 2.42.